The molecule has 0 spiro atoms. The topological polar surface area (TPSA) is 47.5 Å². The van der Waals surface area contributed by atoms with Gasteiger partial charge >= 0.3 is 0 Å². The molecule has 0 saturated carbocycles. The first-order chi connectivity index (χ1) is 7.20. The third-order valence-electron chi connectivity index (χ3n) is 3.04. The molecule has 0 radical (unpaired) electrons. The van der Waals surface area contributed by atoms with E-state index in [4.69, 9.17) is 0 Å². The summed E-state index contributed by atoms with van der Waals surface area (Å²) in [6, 6.07) is 0.232. The Hall–Kier alpha value is -1.78. The lowest BCUT2D eigenvalue weighted by molar-refractivity contribution is -0.667. The van der Waals surface area contributed by atoms with E-state index < -0.39 is 0 Å². The van der Waals surface area contributed by atoms with Crippen molar-refractivity contribution >= 4 is 0 Å². The van der Waals surface area contributed by atoms with Crippen LogP contribution in [0.15, 0.2) is 12.5 Å². The lowest BCUT2D eigenvalue weighted by Gasteiger charge is -1.98. The van der Waals surface area contributed by atoms with Crippen LogP contribution in [-0.2, 0) is 7.05 Å². The van der Waals surface area contributed by atoms with Gasteiger partial charge in [0.25, 0.3) is 11.6 Å². The highest BCUT2D eigenvalue weighted by molar-refractivity contribution is 5.57. The Balaban J connectivity index is 2.38. The van der Waals surface area contributed by atoms with E-state index in [0.29, 0.717) is 0 Å². The third kappa shape index (κ3) is 0.921. The zero-order valence-corrected chi connectivity index (χ0v) is 8.97. The van der Waals surface area contributed by atoms with Gasteiger partial charge in [-0.2, -0.15) is 0 Å². The van der Waals surface area contributed by atoms with Crippen molar-refractivity contribution < 1.29 is 4.57 Å². The first-order valence-corrected chi connectivity index (χ1v) is 4.95. The molecule has 2 aromatic rings. The first-order valence-electron chi connectivity index (χ1n) is 4.95. The lowest BCUT2D eigenvalue weighted by atomic mass is 10.1. The molecular formula is C10H12N5+. The minimum Gasteiger partial charge on any atom is -0.244 e. The predicted octanol–water partition coefficient (Wildman–Crippen LogP) is 0.396. The number of nitrogens with zero attached hydrogens (tertiary/aromatic N) is 5. The van der Waals surface area contributed by atoms with Gasteiger partial charge in [-0.15, -0.1) is 0 Å². The van der Waals surface area contributed by atoms with E-state index in [1.165, 1.54) is 0 Å². The van der Waals surface area contributed by atoms with E-state index in [0.717, 1.165) is 22.9 Å². The van der Waals surface area contributed by atoms with Crippen LogP contribution >= 0.6 is 0 Å². The lowest BCUT2D eigenvalue weighted by Crippen LogP contribution is -2.32. The number of hydrogen-bond acceptors (Lipinski definition) is 3. The molecule has 1 atom stereocenters. The highest BCUT2D eigenvalue weighted by Crippen LogP contribution is 2.33. The molecule has 0 amide bonds. The van der Waals surface area contributed by atoms with Crippen molar-refractivity contribution in [1.29, 1.82) is 0 Å². The van der Waals surface area contributed by atoms with E-state index in [1.807, 2.05) is 24.9 Å². The van der Waals surface area contributed by atoms with Crippen LogP contribution in [0.3, 0.4) is 0 Å². The summed E-state index contributed by atoms with van der Waals surface area (Å²) in [6.07, 6.45) is 3.46. The number of fused-ring (bicyclic) bond motifs is 3. The normalized spacial score (nSPS) is 17.7. The summed E-state index contributed by atoms with van der Waals surface area (Å²) in [4.78, 5) is 8.39. The number of hydrogen-bond donors (Lipinski definition) is 0. The Bertz CT molecular complexity index is 543. The van der Waals surface area contributed by atoms with Crippen LogP contribution in [0.5, 0.6) is 0 Å². The zero-order chi connectivity index (χ0) is 10.6. The van der Waals surface area contributed by atoms with Crippen molar-refractivity contribution in [2.24, 2.45) is 7.05 Å². The molecule has 5 nitrogen and oxygen atoms in total. The van der Waals surface area contributed by atoms with Crippen LogP contribution in [-0.4, -0.2) is 19.7 Å². The summed E-state index contributed by atoms with van der Waals surface area (Å²) in [5, 5.41) is 4.50. The van der Waals surface area contributed by atoms with E-state index >= 15 is 0 Å². The van der Waals surface area contributed by atoms with Crippen LogP contribution in [0.25, 0.3) is 11.5 Å². The molecule has 1 aliphatic heterocycles. The molecule has 0 aromatic carbocycles. The van der Waals surface area contributed by atoms with Gasteiger partial charge in [0.05, 0.1) is 7.05 Å². The molecule has 3 rings (SSSR count). The van der Waals surface area contributed by atoms with E-state index in [-0.39, 0.29) is 6.04 Å². The Morgan fingerprint density at radius 2 is 2.27 bits per heavy atom. The maximum Gasteiger partial charge on any atom is 0.287 e. The van der Waals surface area contributed by atoms with Crippen molar-refractivity contribution in [2.75, 3.05) is 0 Å². The second-order valence-corrected chi connectivity index (χ2v) is 3.88. The molecule has 0 aliphatic carbocycles. The molecule has 3 heterocycles. The van der Waals surface area contributed by atoms with Crippen LogP contribution in [0.2, 0.25) is 0 Å². The van der Waals surface area contributed by atoms with Gasteiger partial charge in [-0.3, -0.25) is 0 Å². The summed E-state index contributed by atoms with van der Waals surface area (Å²) in [7, 11) is 2.01. The monoisotopic (exact) mass is 202 g/mol. The number of rotatable bonds is 0. The molecule has 0 N–H and O–H groups in total. The maximum atomic E-state index is 4.50. The smallest absolute Gasteiger partial charge is 0.244 e. The highest BCUT2D eigenvalue weighted by Gasteiger charge is 2.38. The Kier molecular flexibility index (Phi) is 1.49. The van der Waals surface area contributed by atoms with E-state index in [1.54, 1.807) is 6.33 Å². The molecule has 5 heteroatoms. The standard InChI is InChI=1S/C10H12N5/c1-6-8-4-11-5-12-9(8)10-14(3)7(2)13-15(6)10/h4-6H,1-3H3/q+1. The number of aryl methyl sites for hydroxylation is 1. The van der Waals surface area contributed by atoms with Crippen LogP contribution in [0.1, 0.15) is 24.4 Å². The molecule has 76 valence electrons. The van der Waals surface area contributed by atoms with Crippen molar-refractivity contribution in [3.8, 4) is 11.5 Å². The second kappa shape index (κ2) is 2.62. The average molecular weight is 202 g/mol. The molecule has 2 aromatic heterocycles. The SMILES string of the molecule is Cc1nn2c([n+]1C)-c1ncncc1C2C. The van der Waals surface area contributed by atoms with Crippen molar-refractivity contribution in [3.63, 3.8) is 0 Å². The summed E-state index contributed by atoms with van der Waals surface area (Å²) < 4.78 is 4.07. The molecule has 0 bridgehead atoms. The van der Waals surface area contributed by atoms with E-state index in [2.05, 4.69) is 26.6 Å². The Labute approximate surface area is 87.4 Å². The molecular weight excluding hydrogens is 190 g/mol. The fourth-order valence-corrected chi connectivity index (χ4v) is 2.08. The summed E-state index contributed by atoms with van der Waals surface area (Å²) in [5.74, 6) is 2.07. The van der Waals surface area contributed by atoms with Crippen molar-refractivity contribution in [1.82, 2.24) is 19.7 Å². The molecule has 1 aliphatic rings. The van der Waals surface area contributed by atoms with Crippen LogP contribution < -0.4 is 4.57 Å². The summed E-state index contributed by atoms with van der Waals surface area (Å²) in [5.41, 5.74) is 2.15. The fraction of sp³-hybridized carbons (Fsp3) is 0.400. The predicted molar refractivity (Wildman–Crippen MR) is 53.0 cm³/mol. The van der Waals surface area contributed by atoms with Crippen molar-refractivity contribution in [2.45, 2.75) is 19.9 Å². The van der Waals surface area contributed by atoms with Crippen molar-refractivity contribution in [3.05, 3.63) is 23.9 Å². The molecule has 1 unspecified atom stereocenters. The fourth-order valence-electron chi connectivity index (χ4n) is 2.08. The van der Waals surface area contributed by atoms with Gasteiger partial charge in [0, 0.05) is 23.8 Å². The van der Waals surface area contributed by atoms with Gasteiger partial charge in [-0.1, -0.05) is 4.68 Å². The molecule has 0 saturated heterocycles. The van der Waals surface area contributed by atoms with Gasteiger partial charge in [0.1, 0.15) is 18.1 Å². The summed E-state index contributed by atoms with van der Waals surface area (Å²) >= 11 is 0. The molecule has 15 heavy (non-hydrogen) atoms. The first kappa shape index (κ1) is 8.52. The quantitative estimate of drug-likeness (QED) is 0.581. The summed E-state index contributed by atoms with van der Waals surface area (Å²) in [6.45, 7) is 4.12. The zero-order valence-electron chi connectivity index (χ0n) is 8.97. The number of aromatic nitrogens is 5. The van der Waals surface area contributed by atoms with Gasteiger partial charge in [0.15, 0.2) is 0 Å². The third-order valence-corrected chi connectivity index (χ3v) is 3.04. The Morgan fingerprint density at radius 1 is 1.47 bits per heavy atom. The molecule has 0 fully saturated rings. The second-order valence-electron chi connectivity index (χ2n) is 3.88. The van der Waals surface area contributed by atoms with Gasteiger partial charge in [-0.05, 0) is 6.92 Å². The average Bonchev–Trinajstić information content (AvgIpc) is 2.68. The van der Waals surface area contributed by atoms with Gasteiger partial charge < -0.3 is 0 Å². The minimum absolute atomic E-state index is 0.232. The van der Waals surface area contributed by atoms with Crippen LogP contribution in [0, 0.1) is 6.92 Å². The van der Waals surface area contributed by atoms with Crippen LogP contribution in [0.4, 0.5) is 0 Å². The van der Waals surface area contributed by atoms with E-state index in [9.17, 15) is 0 Å². The highest BCUT2D eigenvalue weighted by atomic mass is 15.4. The van der Waals surface area contributed by atoms with Gasteiger partial charge in [0.2, 0.25) is 0 Å². The van der Waals surface area contributed by atoms with Gasteiger partial charge in [-0.25, -0.2) is 14.5 Å². The largest absolute Gasteiger partial charge is 0.287 e. The maximum absolute atomic E-state index is 4.50. The minimum atomic E-state index is 0.232. The Morgan fingerprint density at radius 3 is 3.07 bits per heavy atom.